The number of amides is 2. The molecule has 1 saturated heterocycles. The summed E-state index contributed by atoms with van der Waals surface area (Å²) in [6.07, 6.45) is 3.55. The third-order valence-corrected chi connectivity index (χ3v) is 3.79. The first-order valence-corrected chi connectivity index (χ1v) is 7.76. The monoisotopic (exact) mass is 319 g/mol. The molecule has 1 heterocycles. The number of hydrogen-bond donors (Lipinski definition) is 2. The molecule has 124 valence electrons. The minimum absolute atomic E-state index is 0. The van der Waals surface area contributed by atoms with Crippen molar-refractivity contribution in [2.75, 3.05) is 20.1 Å². The lowest BCUT2D eigenvalue weighted by molar-refractivity contribution is -0.131. The van der Waals surface area contributed by atoms with Crippen molar-refractivity contribution in [1.29, 1.82) is 0 Å². The van der Waals surface area contributed by atoms with Gasteiger partial charge in [-0.2, -0.15) is 0 Å². The van der Waals surface area contributed by atoms with Crippen molar-refractivity contribution in [2.24, 2.45) is 5.92 Å². The molecule has 0 aromatic rings. The van der Waals surface area contributed by atoms with Crippen LogP contribution in [0.5, 0.6) is 0 Å². The van der Waals surface area contributed by atoms with Gasteiger partial charge in [-0.05, 0) is 38.1 Å². The van der Waals surface area contributed by atoms with Gasteiger partial charge in [-0.15, -0.1) is 12.4 Å². The molecule has 0 aromatic heterocycles. The molecule has 6 heteroatoms. The molecule has 0 aromatic carbocycles. The Morgan fingerprint density at radius 2 is 2.00 bits per heavy atom. The highest BCUT2D eigenvalue weighted by Gasteiger charge is 2.38. The second-order valence-electron chi connectivity index (χ2n) is 5.95. The average Bonchev–Trinajstić information content (AvgIpc) is 2.90. The molecular formula is C15H30ClN3O2. The van der Waals surface area contributed by atoms with E-state index in [1.807, 2.05) is 6.92 Å². The number of carbonyl (C=O) groups is 2. The summed E-state index contributed by atoms with van der Waals surface area (Å²) in [7, 11) is 1.66. The lowest BCUT2D eigenvalue weighted by Crippen LogP contribution is -2.53. The summed E-state index contributed by atoms with van der Waals surface area (Å²) >= 11 is 0. The van der Waals surface area contributed by atoms with E-state index in [2.05, 4.69) is 29.4 Å². The Morgan fingerprint density at radius 1 is 1.33 bits per heavy atom. The molecule has 0 aliphatic carbocycles. The van der Waals surface area contributed by atoms with Gasteiger partial charge in [-0.3, -0.25) is 14.5 Å². The van der Waals surface area contributed by atoms with Gasteiger partial charge in [0.1, 0.15) is 0 Å². The Bertz CT molecular complexity index is 337. The van der Waals surface area contributed by atoms with Gasteiger partial charge < -0.3 is 10.6 Å². The fraction of sp³-hybridized carbons (Fsp3) is 0.867. The van der Waals surface area contributed by atoms with Crippen LogP contribution in [0.3, 0.4) is 0 Å². The number of nitrogens with zero attached hydrogens (tertiary/aromatic N) is 1. The van der Waals surface area contributed by atoms with E-state index in [-0.39, 0.29) is 36.3 Å². The summed E-state index contributed by atoms with van der Waals surface area (Å²) in [5, 5.41) is 5.69. The minimum atomic E-state index is -0.195. The van der Waals surface area contributed by atoms with Crippen molar-refractivity contribution in [2.45, 2.75) is 58.5 Å². The maximum Gasteiger partial charge on any atom is 0.237 e. The molecular weight excluding hydrogens is 290 g/mol. The Labute approximate surface area is 134 Å². The van der Waals surface area contributed by atoms with Gasteiger partial charge in [0, 0.05) is 13.6 Å². The predicted molar refractivity (Wildman–Crippen MR) is 87.6 cm³/mol. The molecule has 2 amide bonds. The summed E-state index contributed by atoms with van der Waals surface area (Å²) in [4.78, 5) is 26.5. The molecule has 5 nitrogen and oxygen atoms in total. The fourth-order valence-electron chi connectivity index (χ4n) is 2.82. The maximum absolute atomic E-state index is 12.2. The maximum atomic E-state index is 12.2. The Morgan fingerprint density at radius 3 is 2.52 bits per heavy atom. The van der Waals surface area contributed by atoms with Crippen LogP contribution in [-0.4, -0.2) is 48.9 Å². The largest absolute Gasteiger partial charge is 0.358 e. The SMILES string of the molecule is CCCNC(=O)[C@@H]1CCCN1[C@H](CC(C)C)C(=O)NC.Cl. The zero-order valence-electron chi connectivity index (χ0n) is 13.6. The lowest BCUT2D eigenvalue weighted by atomic mass is 10.0. The van der Waals surface area contributed by atoms with Crippen LogP contribution in [-0.2, 0) is 9.59 Å². The molecule has 1 fully saturated rings. The quantitative estimate of drug-likeness (QED) is 0.748. The number of nitrogens with one attached hydrogen (secondary N) is 2. The van der Waals surface area contributed by atoms with Gasteiger partial charge in [-0.25, -0.2) is 0 Å². The number of halogens is 1. The topological polar surface area (TPSA) is 61.4 Å². The van der Waals surface area contributed by atoms with Gasteiger partial charge in [0.2, 0.25) is 11.8 Å². The Hall–Kier alpha value is -0.810. The van der Waals surface area contributed by atoms with Crippen molar-refractivity contribution < 1.29 is 9.59 Å². The third-order valence-electron chi connectivity index (χ3n) is 3.79. The first-order chi connectivity index (χ1) is 9.51. The molecule has 0 saturated carbocycles. The zero-order chi connectivity index (χ0) is 15.1. The summed E-state index contributed by atoms with van der Waals surface area (Å²) in [6, 6.07) is -0.345. The second kappa shape index (κ2) is 10.0. The van der Waals surface area contributed by atoms with Crippen LogP contribution in [0.15, 0.2) is 0 Å². The fourth-order valence-corrected chi connectivity index (χ4v) is 2.82. The smallest absolute Gasteiger partial charge is 0.237 e. The van der Waals surface area contributed by atoms with Gasteiger partial charge in [0.05, 0.1) is 12.1 Å². The van der Waals surface area contributed by atoms with Crippen LogP contribution >= 0.6 is 12.4 Å². The minimum Gasteiger partial charge on any atom is -0.358 e. The third kappa shape index (κ3) is 5.83. The van der Waals surface area contributed by atoms with E-state index in [0.717, 1.165) is 32.2 Å². The molecule has 1 aliphatic heterocycles. The average molecular weight is 320 g/mol. The van der Waals surface area contributed by atoms with E-state index in [9.17, 15) is 9.59 Å². The summed E-state index contributed by atoms with van der Waals surface area (Å²) in [5.41, 5.74) is 0. The summed E-state index contributed by atoms with van der Waals surface area (Å²) < 4.78 is 0. The highest BCUT2D eigenvalue weighted by Crippen LogP contribution is 2.24. The summed E-state index contributed by atoms with van der Waals surface area (Å²) in [6.45, 7) is 7.79. The molecule has 21 heavy (non-hydrogen) atoms. The van der Waals surface area contributed by atoms with Gasteiger partial charge in [0.25, 0.3) is 0 Å². The van der Waals surface area contributed by atoms with E-state index in [1.54, 1.807) is 7.05 Å². The molecule has 0 radical (unpaired) electrons. The first kappa shape index (κ1) is 20.2. The van der Waals surface area contributed by atoms with Crippen molar-refractivity contribution in [3.8, 4) is 0 Å². The summed E-state index contributed by atoms with van der Waals surface area (Å²) in [5.74, 6) is 0.521. The molecule has 0 spiro atoms. The highest BCUT2D eigenvalue weighted by molar-refractivity contribution is 5.86. The van der Waals surface area contributed by atoms with Crippen molar-refractivity contribution >= 4 is 24.2 Å². The van der Waals surface area contributed by atoms with E-state index in [4.69, 9.17) is 0 Å². The van der Waals surface area contributed by atoms with Gasteiger partial charge in [-0.1, -0.05) is 20.8 Å². The second-order valence-corrected chi connectivity index (χ2v) is 5.95. The molecule has 1 rings (SSSR count). The van der Waals surface area contributed by atoms with E-state index in [0.29, 0.717) is 12.5 Å². The van der Waals surface area contributed by atoms with Gasteiger partial charge >= 0.3 is 0 Å². The van der Waals surface area contributed by atoms with Crippen LogP contribution in [0, 0.1) is 5.92 Å². The molecule has 0 bridgehead atoms. The number of likely N-dealkylation sites (N-methyl/N-ethyl adjacent to an activating group) is 1. The lowest BCUT2D eigenvalue weighted by Gasteiger charge is -2.32. The molecule has 2 atom stereocenters. The van der Waals surface area contributed by atoms with Crippen LogP contribution in [0.4, 0.5) is 0 Å². The number of carbonyl (C=O) groups excluding carboxylic acids is 2. The molecule has 0 unspecified atom stereocenters. The molecule has 2 N–H and O–H groups in total. The van der Waals surface area contributed by atoms with Gasteiger partial charge in [0.15, 0.2) is 0 Å². The van der Waals surface area contributed by atoms with Crippen molar-refractivity contribution in [3.05, 3.63) is 0 Å². The van der Waals surface area contributed by atoms with E-state index < -0.39 is 0 Å². The first-order valence-electron chi connectivity index (χ1n) is 7.76. The van der Waals surface area contributed by atoms with E-state index in [1.165, 1.54) is 0 Å². The number of likely N-dealkylation sites (tertiary alicyclic amines) is 1. The van der Waals surface area contributed by atoms with Crippen LogP contribution in [0.2, 0.25) is 0 Å². The standard InChI is InChI=1S/C15H29N3O2.ClH/c1-5-8-17-15(20)12-7-6-9-18(12)13(10-11(2)3)14(19)16-4;/h11-13H,5-10H2,1-4H3,(H,16,19)(H,17,20);1H/t12-,13+;/m0./s1. The van der Waals surface area contributed by atoms with Crippen LogP contribution in [0.25, 0.3) is 0 Å². The zero-order valence-corrected chi connectivity index (χ0v) is 14.5. The van der Waals surface area contributed by atoms with E-state index >= 15 is 0 Å². The number of rotatable bonds is 7. The Kier molecular flexibility index (Phi) is 9.62. The van der Waals surface area contributed by atoms with Crippen LogP contribution in [0.1, 0.15) is 46.5 Å². The van der Waals surface area contributed by atoms with Crippen LogP contribution < -0.4 is 10.6 Å². The predicted octanol–water partition coefficient (Wildman–Crippen LogP) is 1.56. The Balaban J connectivity index is 0.00000400. The van der Waals surface area contributed by atoms with Crippen molar-refractivity contribution in [1.82, 2.24) is 15.5 Å². The molecule has 1 aliphatic rings. The number of hydrogen-bond acceptors (Lipinski definition) is 3. The highest BCUT2D eigenvalue weighted by atomic mass is 35.5. The van der Waals surface area contributed by atoms with Crippen molar-refractivity contribution in [3.63, 3.8) is 0 Å². The normalized spacial score (nSPS) is 20.0.